The molecule has 2 rings (SSSR count). The Morgan fingerprint density at radius 1 is 1.33 bits per heavy atom. The van der Waals surface area contributed by atoms with Crippen LogP contribution in [0.4, 0.5) is 13.2 Å². The Morgan fingerprint density at radius 2 is 1.94 bits per heavy atom. The van der Waals surface area contributed by atoms with Crippen LogP contribution >= 0.6 is 35.6 Å². The average molecular weight is 312 g/mol. The van der Waals surface area contributed by atoms with E-state index in [1.54, 1.807) is 24.3 Å². The molecule has 1 atom stereocenters. The predicted molar refractivity (Wildman–Crippen MR) is 72.0 cm³/mol. The number of benzene rings is 1. The van der Waals surface area contributed by atoms with Crippen LogP contribution in [0.5, 0.6) is 0 Å². The van der Waals surface area contributed by atoms with Crippen molar-refractivity contribution < 1.29 is 13.2 Å². The Labute approximate surface area is 117 Å². The molecule has 0 radical (unpaired) electrons. The van der Waals surface area contributed by atoms with Crippen molar-refractivity contribution >= 4 is 40.6 Å². The summed E-state index contributed by atoms with van der Waals surface area (Å²) in [5.74, 6) is 0.443. The molecule has 0 saturated carbocycles. The fraction of sp³-hybridized carbons (Fsp3) is 0.364. The molecular formula is C11H9ClF3NS2. The van der Waals surface area contributed by atoms with Crippen LogP contribution in [0.1, 0.15) is 10.9 Å². The van der Waals surface area contributed by atoms with Crippen molar-refractivity contribution in [2.75, 3.05) is 12.3 Å². The van der Waals surface area contributed by atoms with E-state index < -0.39 is 12.7 Å². The van der Waals surface area contributed by atoms with Crippen LogP contribution in [-0.2, 0) is 0 Å². The van der Waals surface area contributed by atoms with Crippen LogP contribution in [0.15, 0.2) is 24.3 Å². The molecule has 1 aromatic rings. The maximum atomic E-state index is 12.5. The lowest BCUT2D eigenvalue weighted by Gasteiger charge is -2.26. The van der Waals surface area contributed by atoms with Gasteiger partial charge in [-0.15, -0.1) is 11.8 Å². The minimum Gasteiger partial charge on any atom is -0.340 e. The SMILES string of the molecule is FC(F)(F)CN1C(=S)CSC1c1ccc(Cl)cc1. The van der Waals surface area contributed by atoms with Gasteiger partial charge in [-0.1, -0.05) is 36.0 Å². The molecule has 0 amide bonds. The maximum Gasteiger partial charge on any atom is 0.405 e. The van der Waals surface area contributed by atoms with Crippen LogP contribution in [0.3, 0.4) is 0 Å². The highest BCUT2D eigenvalue weighted by Gasteiger charge is 2.39. The smallest absolute Gasteiger partial charge is 0.340 e. The second-order valence-electron chi connectivity index (χ2n) is 3.85. The van der Waals surface area contributed by atoms with Gasteiger partial charge in [-0.2, -0.15) is 13.2 Å². The average Bonchev–Trinajstić information content (AvgIpc) is 2.60. The molecule has 98 valence electrons. The van der Waals surface area contributed by atoms with E-state index in [4.69, 9.17) is 23.8 Å². The molecule has 1 saturated heterocycles. The first kappa shape index (κ1) is 14.0. The highest BCUT2D eigenvalue weighted by atomic mass is 35.5. The second kappa shape index (κ2) is 5.27. The summed E-state index contributed by atoms with van der Waals surface area (Å²) in [6.45, 7) is -1.01. The quantitative estimate of drug-likeness (QED) is 0.751. The molecular weight excluding hydrogens is 303 g/mol. The van der Waals surface area contributed by atoms with E-state index in [2.05, 4.69) is 0 Å². The fourth-order valence-corrected chi connectivity index (χ4v) is 3.49. The number of thioether (sulfide) groups is 1. The third-order valence-electron chi connectivity index (χ3n) is 2.47. The van der Waals surface area contributed by atoms with Crippen LogP contribution in [0.25, 0.3) is 0 Å². The number of thiocarbonyl (C=S) groups is 1. The van der Waals surface area contributed by atoms with Crippen molar-refractivity contribution in [3.05, 3.63) is 34.9 Å². The number of halogens is 4. The predicted octanol–water partition coefficient (Wildman–Crippen LogP) is 4.28. The lowest BCUT2D eigenvalue weighted by Crippen LogP contribution is -2.36. The van der Waals surface area contributed by atoms with Crippen molar-refractivity contribution in [3.63, 3.8) is 0 Å². The summed E-state index contributed by atoms with van der Waals surface area (Å²) in [5.41, 5.74) is 0.786. The van der Waals surface area contributed by atoms with Crippen molar-refractivity contribution in [1.29, 1.82) is 0 Å². The molecule has 1 aliphatic heterocycles. The molecule has 7 heteroatoms. The van der Waals surface area contributed by atoms with Gasteiger partial charge in [0.15, 0.2) is 0 Å². The van der Waals surface area contributed by atoms with Crippen LogP contribution in [-0.4, -0.2) is 28.4 Å². The summed E-state index contributed by atoms with van der Waals surface area (Å²) in [5, 5.41) is 0.183. The molecule has 0 aliphatic carbocycles. The minimum atomic E-state index is -4.25. The molecule has 0 N–H and O–H groups in total. The summed E-state index contributed by atoms with van der Waals surface area (Å²) in [7, 11) is 0. The number of hydrogen-bond acceptors (Lipinski definition) is 2. The topological polar surface area (TPSA) is 3.24 Å². The van der Waals surface area contributed by atoms with Gasteiger partial charge in [0.1, 0.15) is 11.9 Å². The largest absolute Gasteiger partial charge is 0.405 e. The number of hydrogen-bond donors (Lipinski definition) is 0. The van der Waals surface area contributed by atoms with E-state index in [9.17, 15) is 13.2 Å². The summed E-state index contributed by atoms with van der Waals surface area (Å²) < 4.78 is 37.5. The van der Waals surface area contributed by atoms with Gasteiger partial charge < -0.3 is 4.90 Å². The Bertz CT molecular complexity index is 447. The van der Waals surface area contributed by atoms with Crippen molar-refractivity contribution in [2.45, 2.75) is 11.6 Å². The lowest BCUT2D eigenvalue weighted by atomic mass is 10.2. The van der Waals surface area contributed by atoms with Crippen molar-refractivity contribution in [3.8, 4) is 0 Å². The van der Waals surface area contributed by atoms with Gasteiger partial charge in [-0.25, -0.2) is 0 Å². The monoisotopic (exact) mass is 311 g/mol. The van der Waals surface area contributed by atoms with Crippen LogP contribution in [0.2, 0.25) is 5.02 Å². The van der Waals surface area contributed by atoms with Gasteiger partial charge in [0, 0.05) is 10.8 Å². The molecule has 0 spiro atoms. The summed E-state index contributed by atoms with van der Waals surface area (Å²) >= 11 is 12.2. The van der Waals surface area contributed by atoms with Crippen molar-refractivity contribution in [1.82, 2.24) is 4.90 Å². The van der Waals surface area contributed by atoms with E-state index in [-0.39, 0.29) is 5.37 Å². The molecule has 1 aliphatic rings. The minimum absolute atomic E-state index is 0.345. The third-order valence-corrected chi connectivity index (χ3v) is 4.57. The summed E-state index contributed by atoms with van der Waals surface area (Å²) in [6.07, 6.45) is -4.25. The molecule has 1 nitrogen and oxygen atoms in total. The summed E-state index contributed by atoms with van der Waals surface area (Å²) in [6, 6.07) is 6.81. The zero-order valence-electron chi connectivity index (χ0n) is 9.08. The zero-order valence-corrected chi connectivity index (χ0v) is 11.5. The highest BCUT2D eigenvalue weighted by Crippen LogP contribution is 2.40. The molecule has 1 fully saturated rings. The van der Waals surface area contributed by atoms with Gasteiger partial charge in [-0.05, 0) is 17.7 Å². The van der Waals surface area contributed by atoms with Gasteiger partial charge in [0.05, 0.1) is 4.99 Å². The number of nitrogens with zero attached hydrogens (tertiary/aromatic N) is 1. The standard InChI is InChI=1S/C11H9ClF3NS2/c12-8-3-1-7(2-4-8)10-16(6-11(13,14)15)9(17)5-18-10/h1-4,10H,5-6H2. The van der Waals surface area contributed by atoms with Gasteiger partial charge >= 0.3 is 6.18 Å². The Kier molecular flexibility index (Phi) is 4.08. The first-order chi connectivity index (χ1) is 8.37. The highest BCUT2D eigenvalue weighted by molar-refractivity contribution is 8.02. The Morgan fingerprint density at radius 3 is 2.50 bits per heavy atom. The van der Waals surface area contributed by atoms with Crippen molar-refractivity contribution in [2.24, 2.45) is 0 Å². The Balaban J connectivity index is 2.21. The van der Waals surface area contributed by atoms with E-state index >= 15 is 0 Å². The number of alkyl halides is 3. The van der Waals surface area contributed by atoms with Crippen LogP contribution < -0.4 is 0 Å². The molecule has 1 unspecified atom stereocenters. The first-order valence-electron chi connectivity index (χ1n) is 5.10. The molecule has 1 aromatic carbocycles. The molecule has 1 heterocycles. The first-order valence-corrected chi connectivity index (χ1v) is 6.93. The van der Waals surface area contributed by atoms with Gasteiger partial charge in [0.25, 0.3) is 0 Å². The molecule has 18 heavy (non-hydrogen) atoms. The number of rotatable bonds is 2. The van der Waals surface area contributed by atoms with Crippen LogP contribution in [0, 0.1) is 0 Å². The fourth-order valence-electron chi connectivity index (χ4n) is 1.72. The van der Waals surface area contributed by atoms with E-state index in [1.807, 2.05) is 0 Å². The van der Waals surface area contributed by atoms with Gasteiger partial charge in [-0.3, -0.25) is 0 Å². The van der Waals surface area contributed by atoms with Gasteiger partial charge in [0.2, 0.25) is 0 Å². The Hall–Kier alpha value is -0.460. The van der Waals surface area contributed by atoms with E-state index in [1.165, 1.54) is 16.7 Å². The molecule has 0 bridgehead atoms. The maximum absolute atomic E-state index is 12.5. The third kappa shape index (κ3) is 3.30. The molecule has 0 aromatic heterocycles. The zero-order chi connectivity index (χ0) is 13.3. The second-order valence-corrected chi connectivity index (χ2v) is 5.83. The summed E-state index contributed by atoms with van der Waals surface area (Å²) in [4.78, 5) is 1.57. The van der Waals surface area contributed by atoms with E-state index in [0.717, 1.165) is 5.56 Å². The lowest BCUT2D eigenvalue weighted by molar-refractivity contribution is -0.138. The normalized spacial score (nSPS) is 20.6. The van der Waals surface area contributed by atoms with E-state index in [0.29, 0.717) is 15.8 Å².